The van der Waals surface area contributed by atoms with Gasteiger partial charge in [-0.3, -0.25) is 4.79 Å². The fourth-order valence-electron chi connectivity index (χ4n) is 14.9. The molecule has 18 nitrogen and oxygen atoms in total. The van der Waals surface area contributed by atoms with E-state index in [0.717, 1.165) is 51.6 Å². The Labute approximate surface area is 416 Å². The number of rotatable bonds is 11. The van der Waals surface area contributed by atoms with Gasteiger partial charge in [-0.25, -0.2) is 0 Å². The van der Waals surface area contributed by atoms with E-state index in [4.69, 9.17) is 42.6 Å². The molecular formula is C53H79NO17. The molecule has 1 aromatic carbocycles. The maximum absolute atomic E-state index is 13.3. The highest BCUT2D eigenvalue weighted by Crippen LogP contribution is 2.70. The van der Waals surface area contributed by atoms with Crippen LogP contribution in [0.15, 0.2) is 42.0 Å². The van der Waals surface area contributed by atoms with Crippen LogP contribution in [0.25, 0.3) is 0 Å². The third-order valence-electron chi connectivity index (χ3n) is 19.1. The molecular weight excluding hydrogens is 923 g/mol. The molecule has 5 heterocycles. The van der Waals surface area contributed by atoms with E-state index < -0.39 is 110 Å². The summed E-state index contributed by atoms with van der Waals surface area (Å²) < 4.78 is 57.0. The molecule has 0 unspecified atom stereocenters. The van der Waals surface area contributed by atoms with Crippen molar-refractivity contribution in [3.63, 3.8) is 0 Å². The number of amides is 1. The molecule has 26 atom stereocenters. The van der Waals surface area contributed by atoms with Crippen LogP contribution in [-0.4, -0.2) is 172 Å². The van der Waals surface area contributed by atoms with Crippen LogP contribution in [-0.2, 0) is 42.7 Å². The number of fused-ring (bicyclic) bond motifs is 7. The first-order valence-corrected chi connectivity index (χ1v) is 26.5. The van der Waals surface area contributed by atoms with Crippen LogP contribution in [0.3, 0.4) is 0 Å². The second kappa shape index (κ2) is 20.3. The van der Waals surface area contributed by atoms with E-state index in [1.165, 1.54) is 19.4 Å². The minimum absolute atomic E-state index is 0.0577. The zero-order valence-electron chi connectivity index (χ0n) is 41.9. The lowest BCUT2D eigenvalue weighted by atomic mass is 9.47. The monoisotopic (exact) mass is 1000 g/mol. The van der Waals surface area contributed by atoms with Crippen molar-refractivity contribution in [3.8, 4) is 5.75 Å². The number of para-hydroxylation sites is 1. The van der Waals surface area contributed by atoms with Crippen molar-refractivity contribution < 1.29 is 83.2 Å². The van der Waals surface area contributed by atoms with Gasteiger partial charge in [0.25, 0.3) is 5.91 Å². The number of carbonyl (C=O) groups is 1. The number of aliphatic hydroxyl groups is 7. The number of hydrogen-bond donors (Lipinski definition) is 8. The van der Waals surface area contributed by atoms with Crippen LogP contribution < -0.4 is 10.1 Å². The number of carbonyl (C=O) groups excluding carboxylic acids is 1. The molecule has 1 spiro atoms. The molecule has 8 fully saturated rings. The van der Waals surface area contributed by atoms with Gasteiger partial charge in [0.1, 0.15) is 66.8 Å². The number of benzene rings is 1. The summed E-state index contributed by atoms with van der Waals surface area (Å²) in [6, 6.07) is 8.81. The van der Waals surface area contributed by atoms with Crippen LogP contribution >= 0.6 is 0 Å². The standard InChI is InChI=1S/C53H79NO17/c1-25-14-19-53(64-23-25)26(2)38-35(71-53)21-34-32-13-12-29-20-31(15-17-51(29,5)33(32)16-18-52(34,38)6)67-50-47(70-49-44(61)42(59)40(57)28(4)66-49)45(62)46(69-48-43(60)41(58)39(56)27(3)65-48)36(68-50)22-54-37(55)24-63-30-10-8-7-9-11-30/h7-12,25-28,31-36,38-50,56-62H,13-24H2,1-6H3,(H,54,55)/t25-,26+,27-,28-,31+,32-,33+,34+,35+,36-,38+,39-,40-,41+,42+,43+,44+,45+,46-,47-,48-,49-,50-,51+,52+,53-/m1/s1. The molecule has 0 bridgehead atoms. The van der Waals surface area contributed by atoms with Crippen LogP contribution in [0, 0.1) is 46.3 Å². The molecule has 71 heavy (non-hydrogen) atoms. The highest BCUT2D eigenvalue weighted by molar-refractivity contribution is 5.77. The molecule has 5 aliphatic heterocycles. The second-order valence-corrected chi connectivity index (χ2v) is 23.3. The lowest BCUT2D eigenvalue weighted by molar-refractivity contribution is -0.386. The quantitative estimate of drug-likeness (QED) is 0.148. The fraction of sp³-hybridized carbons (Fsp3) is 0.830. The zero-order valence-corrected chi connectivity index (χ0v) is 41.9. The van der Waals surface area contributed by atoms with Gasteiger partial charge < -0.3 is 83.7 Å². The average molecular weight is 1000 g/mol. The Morgan fingerprint density at radius 3 is 2.07 bits per heavy atom. The van der Waals surface area contributed by atoms with Crippen LogP contribution in [0.5, 0.6) is 5.75 Å². The highest BCUT2D eigenvalue weighted by Gasteiger charge is 2.69. The summed E-state index contributed by atoms with van der Waals surface area (Å²) >= 11 is 0. The number of nitrogens with one attached hydrogen (secondary N) is 1. The van der Waals surface area contributed by atoms with Gasteiger partial charge in [-0.15, -0.1) is 0 Å². The summed E-state index contributed by atoms with van der Waals surface area (Å²) in [4.78, 5) is 13.3. The molecule has 398 valence electrons. The summed E-state index contributed by atoms with van der Waals surface area (Å²) in [7, 11) is 0. The second-order valence-electron chi connectivity index (χ2n) is 23.3. The van der Waals surface area contributed by atoms with Crippen molar-refractivity contribution in [1.29, 1.82) is 0 Å². The molecule has 1 amide bonds. The van der Waals surface area contributed by atoms with Gasteiger partial charge in [0.15, 0.2) is 31.3 Å². The summed E-state index contributed by atoms with van der Waals surface area (Å²) in [5, 5.41) is 79.9. The predicted molar refractivity (Wildman–Crippen MR) is 251 cm³/mol. The lowest BCUT2D eigenvalue weighted by Crippen LogP contribution is -2.67. The van der Waals surface area contributed by atoms with E-state index >= 15 is 0 Å². The number of aliphatic hydroxyl groups excluding tert-OH is 7. The molecule has 4 aliphatic carbocycles. The van der Waals surface area contributed by atoms with Gasteiger partial charge in [0, 0.05) is 18.9 Å². The normalized spacial score (nSPS) is 51.6. The summed E-state index contributed by atoms with van der Waals surface area (Å²) in [6.07, 6.45) is -11.3. The number of allylic oxidation sites excluding steroid dienone is 1. The number of hydrogen-bond acceptors (Lipinski definition) is 17. The van der Waals surface area contributed by atoms with Crippen molar-refractivity contribution in [2.75, 3.05) is 19.8 Å². The largest absolute Gasteiger partial charge is 0.484 e. The van der Waals surface area contributed by atoms with Crippen LogP contribution in [0.2, 0.25) is 0 Å². The number of ether oxygens (including phenoxy) is 9. The van der Waals surface area contributed by atoms with E-state index in [0.29, 0.717) is 54.1 Å². The van der Waals surface area contributed by atoms with Crippen LogP contribution in [0.1, 0.15) is 99.3 Å². The molecule has 0 radical (unpaired) electrons. The summed E-state index contributed by atoms with van der Waals surface area (Å²) in [6.45, 7) is 12.8. The fourth-order valence-corrected chi connectivity index (χ4v) is 14.9. The minimum atomic E-state index is -1.76. The van der Waals surface area contributed by atoms with Crippen molar-refractivity contribution in [2.24, 2.45) is 46.3 Å². The Hall–Kier alpha value is -2.37. The van der Waals surface area contributed by atoms with Gasteiger partial charge in [-0.1, -0.05) is 57.5 Å². The summed E-state index contributed by atoms with van der Waals surface area (Å²) in [5.41, 5.74) is 1.45. The molecule has 10 rings (SSSR count). The zero-order chi connectivity index (χ0) is 50.3. The third-order valence-corrected chi connectivity index (χ3v) is 19.1. The Morgan fingerprint density at radius 1 is 0.732 bits per heavy atom. The molecule has 8 N–H and O–H groups in total. The molecule has 3 saturated carbocycles. The minimum Gasteiger partial charge on any atom is -0.484 e. The summed E-state index contributed by atoms with van der Waals surface area (Å²) in [5.74, 6) is 2.45. The molecule has 18 heteroatoms. The lowest BCUT2D eigenvalue weighted by Gasteiger charge is -2.59. The van der Waals surface area contributed by atoms with Gasteiger partial charge in [-0.2, -0.15) is 0 Å². The van der Waals surface area contributed by atoms with E-state index in [-0.39, 0.29) is 30.1 Å². The Balaban J connectivity index is 0.883. The Bertz CT molecular complexity index is 2040. The third kappa shape index (κ3) is 9.44. The van der Waals surface area contributed by atoms with Crippen molar-refractivity contribution >= 4 is 5.91 Å². The van der Waals surface area contributed by atoms with Crippen molar-refractivity contribution in [3.05, 3.63) is 42.0 Å². The van der Waals surface area contributed by atoms with Gasteiger partial charge in [-0.05, 0) is 118 Å². The van der Waals surface area contributed by atoms with E-state index in [9.17, 15) is 40.5 Å². The maximum Gasteiger partial charge on any atom is 0.258 e. The van der Waals surface area contributed by atoms with E-state index in [2.05, 4.69) is 39.1 Å². The molecule has 9 aliphatic rings. The highest BCUT2D eigenvalue weighted by atomic mass is 16.8. The van der Waals surface area contributed by atoms with Gasteiger partial charge in [0.05, 0.1) is 31.0 Å². The smallest absolute Gasteiger partial charge is 0.258 e. The SMILES string of the molecule is C[C@@H]1CC[C@@]2(OC1)O[C@H]1C[C@H]3[C@@H]4CC=C5C[C@@H](O[C@@H]6O[C@H](CNC(=O)COc7ccccc7)[C@@H](O[C@H]7O[C@H](C)[C@@H](O)[C@H](O)[C@@H]7O)[C@H](O)[C@H]6O[C@H]6O[C@H](C)[C@@H](O)[C@H](O)[C@@H]6O)CC[C@]5(C)[C@H]4CC[C@]3(C)[C@H]1[C@@H]2C. The van der Waals surface area contributed by atoms with Crippen molar-refractivity contribution in [2.45, 2.75) is 209 Å². The Morgan fingerprint density at radius 2 is 1.41 bits per heavy atom. The topological polar surface area (TPSA) is 254 Å². The van der Waals surface area contributed by atoms with E-state index in [1.54, 1.807) is 24.3 Å². The van der Waals surface area contributed by atoms with Crippen molar-refractivity contribution in [1.82, 2.24) is 5.32 Å². The van der Waals surface area contributed by atoms with Gasteiger partial charge >= 0.3 is 0 Å². The molecule has 0 aromatic heterocycles. The predicted octanol–water partition coefficient (Wildman–Crippen LogP) is 2.44. The Kier molecular flexibility index (Phi) is 14.9. The first-order valence-electron chi connectivity index (χ1n) is 26.5. The molecule has 5 saturated heterocycles. The molecule has 1 aromatic rings. The maximum atomic E-state index is 13.3. The first-order chi connectivity index (χ1) is 33.8. The van der Waals surface area contributed by atoms with Crippen LogP contribution in [0.4, 0.5) is 0 Å². The van der Waals surface area contributed by atoms with E-state index in [1.807, 2.05) is 6.07 Å². The first kappa shape index (κ1) is 52.1. The average Bonchev–Trinajstić information content (AvgIpc) is 3.81. The van der Waals surface area contributed by atoms with Gasteiger partial charge in [0.2, 0.25) is 0 Å².